The number of benzene rings is 1. The summed E-state index contributed by atoms with van der Waals surface area (Å²) in [4.78, 5) is 16.4. The lowest BCUT2D eigenvalue weighted by Crippen LogP contribution is -2.34. The Balaban J connectivity index is 1.83. The number of sulfonamides is 1. The van der Waals surface area contributed by atoms with Crippen LogP contribution in [-0.4, -0.2) is 31.6 Å². The minimum Gasteiger partial charge on any atom is -0.302 e. The van der Waals surface area contributed by atoms with Gasteiger partial charge < -0.3 is 5.32 Å². The number of carbonyl (C=O) groups excluding carboxylic acids is 1. The number of hydrogen-bond acceptors (Lipinski definition) is 5. The van der Waals surface area contributed by atoms with Crippen molar-refractivity contribution in [1.82, 2.24) is 4.98 Å². The number of aromatic nitrogens is 1. The van der Waals surface area contributed by atoms with Gasteiger partial charge in [0.2, 0.25) is 15.9 Å². The highest BCUT2D eigenvalue weighted by molar-refractivity contribution is 7.92. The van der Waals surface area contributed by atoms with E-state index in [-0.39, 0.29) is 11.9 Å². The number of nitrogens with one attached hydrogen (secondary N) is 1. The Labute approximate surface area is 158 Å². The van der Waals surface area contributed by atoms with Gasteiger partial charge in [-0.3, -0.25) is 9.10 Å². The number of anilines is 2. The summed E-state index contributed by atoms with van der Waals surface area (Å²) in [5, 5.41) is 5.31. The molecule has 26 heavy (non-hydrogen) atoms. The molecule has 0 saturated heterocycles. The first kappa shape index (κ1) is 18.8. The van der Waals surface area contributed by atoms with Crippen molar-refractivity contribution in [2.24, 2.45) is 5.92 Å². The van der Waals surface area contributed by atoms with Crippen molar-refractivity contribution in [3.05, 3.63) is 29.1 Å². The molecule has 1 amide bonds. The van der Waals surface area contributed by atoms with E-state index in [1.165, 1.54) is 21.9 Å². The highest BCUT2D eigenvalue weighted by Gasteiger charge is 2.32. The normalized spacial score (nSPS) is 16.8. The Morgan fingerprint density at radius 1 is 1.42 bits per heavy atom. The third-order valence-electron chi connectivity index (χ3n) is 4.23. The standard InChI is InChI=1S/C18H23N3O3S2/c1-11(2)7-17(22)20-18-19-15(10-25-18)13-5-6-16-14(9-13)8-12(3)21(16)26(4,23)24/h5-6,9-12H,7-8H2,1-4H3,(H,19,20,22)/t12-/m0/s1. The zero-order valence-electron chi connectivity index (χ0n) is 15.3. The molecule has 8 heteroatoms. The van der Waals surface area contributed by atoms with Crippen molar-refractivity contribution in [1.29, 1.82) is 0 Å². The number of rotatable bonds is 5. The molecule has 0 spiro atoms. The fourth-order valence-electron chi connectivity index (χ4n) is 3.27. The third kappa shape index (κ3) is 3.91. The lowest BCUT2D eigenvalue weighted by molar-refractivity contribution is -0.116. The number of fused-ring (bicyclic) bond motifs is 1. The molecule has 2 aromatic rings. The average Bonchev–Trinajstić information content (AvgIpc) is 3.07. The molecule has 2 heterocycles. The van der Waals surface area contributed by atoms with Gasteiger partial charge in [-0.1, -0.05) is 19.9 Å². The summed E-state index contributed by atoms with van der Waals surface area (Å²) < 4.78 is 25.5. The number of thiazole rings is 1. The van der Waals surface area contributed by atoms with Crippen molar-refractivity contribution in [3.8, 4) is 11.3 Å². The zero-order chi connectivity index (χ0) is 19.1. The van der Waals surface area contributed by atoms with E-state index in [1.807, 2.05) is 44.4 Å². The van der Waals surface area contributed by atoms with E-state index in [9.17, 15) is 13.2 Å². The molecular weight excluding hydrogens is 370 g/mol. The van der Waals surface area contributed by atoms with Gasteiger partial charge >= 0.3 is 0 Å². The predicted molar refractivity (Wildman–Crippen MR) is 106 cm³/mol. The molecule has 1 atom stereocenters. The van der Waals surface area contributed by atoms with Crippen LogP contribution in [0.4, 0.5) is 10.8 Å². The summed E-state index contributed by atoms with van der Waals surface area (Å²) in [6, 6.07) is 5.62. The second-order valence-electron chi connectivity index (χ2n) is 7.14. The molecule has 0 bridgehead atoms. The summed E-state index contributed by atoms with van der Waals surface area (Å²) in [5.74, 6) is 0.262. The first-order valence-corrected chi connectivity index (χ1v) is 11.3. The van der Waals surface area contributed by atoms with Crippen LogP contribution >= 0.6 is 11.3 Å². The van der Waals surface area contributed by atoms with E-state index >= 15 is 0 Å². The largest absolute Gasteiger partial charge is 0.302 e. The smallest absolute Gasteiger partial charge is 0.232 e. The number of hydrogen-bond donors (Lipinski definition) is 1. The van der Waals surface area contributed by atoms with Crippen LogP contribution < -0.4 is 9.62 Å². The molecule has 0 radical (unpaired) electrons. The highest BCUT2D eigenvalue weighted by Crippen LogP contribution is 2.37. The van der Waals surface area contributed by atoms with E-state index in [0.717, 1.165) is 22.5 Å². The second kappa shape index (κ2) is 7.00. The SMILES string of the molecule is CC(C)CC(=O)Nc1nc(-c2ccc3c(c2)C[C@H](C)N3S(C)(=O)=O)cs1. The molecule has 140 valence electrons. The lowest BCUT2D eigenvalue weighted by atomic mass is 10.1. The second-order valence-corrected chi connectivity index (χ2v) is 9.86. The van der Waals surface area contributed by atoms with Gasteiger partial charge in [0.1, 0.15) is 0 Å². The van der Waals surface area contributed by atoms with Crippen molar-refractivity contribution in [2.45, 2.75) is 39.7 Å². The predicted octanol–water partition coefficient (Wildman–Crippen LogP) is 3.51. The molecule has 1 aliphatic rings. The fraction of sp³-hybridized carbons (Fsp3) is 0.444. The summed E-state index contributed by atoms with van der Waals surface area (Å²) >= 11 is 1.39. The molecule has 0 aliphatic carbocycles. The van der Waals surface area contributed by atoms with E-state index in [1.54, 1.807) is 0 Å². The van der Waals surface area contributed by atoms with Crippen LogP contribution in [0.5, 0.6) is 0 Å². The van der Waals surface area contributed by atoms with Crippen LogP contribution in [0.2, 0.25) is 0 Å². The van der Waals surface area contributed by atoms with Crippen molar-refractivity contribution < 1.29 is 13.2 Å². The molecular formula is C18H23N3O3S2. The van der Waals surface area contributed by atoms with E-state index < -0.39 is 10.0 Å². The lowest BCUT2D eigenvalue weighted by Gasteiger charge is -2.21. The Morgan fingerprint density at radius 2 is 2.15 bits per heavy atom. The molecule has 1 N–H and O–H groups in total. The summed E-state index contributed by atoms with van der Waals surface area (Å²) in [6.45, 7) is 5.91. The third-order valence-corrected chi connectivity index (χ3v) is 6.26. The monoisotopic (exact) mass is 393 g/mol. The van der Waals surface area contributed by atoms with E-state index in [2.05, 4.69) is 10.3 Å². The Bertz CT molecular complexity index is 935. The number of carbonyl (C=O) groups is 1. The van der Waals surface area contributed by atoms with Crippen LogP contribution in [0.1, 0.15) is 32.8 Å². The molecule has 6 nitrogen and oxygen atoms in total. The summed E-state index contributed by atoms with van der Waals surface area (Å²) in [7, 11) is -3.29. The number of amides is 1. The van der Waals surface area contributed by atoms with Crippen molar-refractivity contribution in [2.75, 3.05) is 15.9 Å². The van der Waals surface area contributed by atoms with Gasteiger partial charge in [0.15, 0.2) is 5.13 Å². The maximum Gasteiger partial charge on any atom is 0.232 e. The average molecular weight is 394 g/mol. The molecule has 0 fully saturated rings. The summed E-state index contributed by atoms with van der Waals surface area (Å²) in [6.07, 6.45) is 2.38. The molecule has 1 aliphatic heterocycles. The van der Waals surface area contributed by atoms with E-state index in [0.29, 0.717) is 23.9 Å². The minimum absolute atomic E-state index is 0.0347. The van der Waals surface area contributed by atoms with Crippen LogP contribution in [0, 0.1) is 5.92 Å². The van der Waals surface area contributed by atoms with Gasteiger partial charge in [0.05, 0.1) is 17.6 Å². The quantitative estimate of drug-likeness (QED) is 0.843. The zero-order valence-corrected chi connectivity index (χ0v) is 16.9. The van der Waals surface area contributed by atoms with Crippen molar-refractivity contribution in [3.63, 3.8) is 0 Å². The van der Waals surface area contributed by atoms with Crippen LogP contribution in [0.15, 0.2) is 23.6 Å². The Morgan fingerprint density at radius 3 is 2.81 bits per heavy atom. The van der Waals surface area contributed by atoms with Gasteiger partial charge in [-0.25, -0.2) is 13.4 Å². The maximum absolute atomic E-state index is 12.0. The molecule has 3 rings (SSSR count). The van der Waals surface area contributed by atoms with Gasteiger partial charge in [-0.05, 0) is 37.0 Å². The number of nitrogens with zero attached hydrogens (tertiary/aromatic N) is 2. The van der Waals surface area contributed by atoms with Gasteiger partial charge in [0, 0.05) is 23.4 Å². The van der Waals surface area contributed by atoms with Crippen molar-refractivity contribution >= 4 is 38.1 Å². The van der Waals surface area contributed by atoms with Crippen LogP contribution in [0.25, 0.3) is 11.3 Å². The molecule has 0 saturated carbocycles. The molecule has 1 aromatic carbocycles. The molecule has 1 aromatic heterocycles. The molecule has 0 unspecified atom stereocenters. The highest BCUT2D eigenvalue weighted by atomic mass is 32.2. The summed E-state index contributed by atoms with van der Waals surface area (Å²) in [5.41, 5.74) is 3.44. The topological polar surface area (TPSA) is 79.4 Å². The Kier molecular flexibility index (Phi) is 5.07. The van der Waals surface area contributed by atoms with Crippen LogP contribution in [0.3, 0.4) is 0 Å². The minimum atomic E-state index is -3.29. The first-order valence-electron chi connectivity index (χ1n) is 8.53. The van der Waals surface area contributed by atoms with Gasteiger partial charge in [-0.2, -0.15) is 0 Å². The maximum atomic E-state index is 12.0. The fourth-order valence-corrected chi connectivity index (χ4v) is 5.27. The van der Waals surface area contributed by atoms with E-state index in [4.69, 9.17) is 0 Å². The first-order chi connectivity index (χ1) is 12.1. The van der Waals surface area contributed by atoms with Crippen LogP contribution in [-0.2, 0) is 21.2 Å². The Hall–Kier alpha value is -1.93. The van der Waals surface area contributed by atoms with Gasteiger partial charge in [0.25, 0.3) is 0 Å². The van der Waals surface area contributed by atoms with Gasteiger partial charge in [-0.15, -0.1) is 11.3 Å².